The number of benzene rings is 2. The highest BCUT2D eigenvalue weighted by atomic mass is 32.2. The molecule has 0 radical (unpaired) electrons. The molecule has 0 aliphatic rings. The van der Waals surface area contributed by atoms with E-state index in [0.717, 1.165) is 28.2 Å². The van der Waals surface area contributed by atoms with Gasteiger partial charge in [0, 0.05) is 11.4 Å². The number of aryl methyl sites for hydroxylation is 1. The molecule has 142 valence electrons. The molecular weight excluding hydrogens is 382 g/mol. The number of carbonyl (C=O) groups is 1. The average molecular weight is 404 g/mol. The molecule has 0 fully saturated rings. The van der Waals surface area contributed by atoms with E-state index >= 15 is 0 Å². The van der Waals surface area contributed by atoms with Crippen LogP contribution in [0.5, 0.6) is 0 Å². The maximum absolute atomic E-state index is 12.3. The van der Waals surface area contributed by atoms with Gasteiger partial charge < -0.3 is 10.6 Å². The summed E-state index contributed by atoms with van der Waals surface area (Å²) in [4.78, 5) is 16.5. The predicted octanol–water partition coefficient (Wildman–Crippen LogP) is 4.74. The van der Waals surface area contributed by atoms with Crippen LogP contribution in [0.25, 0.3) is 10.2 Å². The van der Waals surface area contributed by atoms with E-state index < -0.39 is 15.1 Å². The molecule has 3 aromatic rings. The van der Waals surface area contributed by atoms with Crippen molar-refractivity contribution in [3.8, 4) is 0 Å². The SMILES string of the molecule is Cc1cccc(NC(=O)Nc2ccc3nc(S(=O)(=O)C(C)C)sc3c2)c1C. The maximum Gasteiger partial charge on any atom is 0.323 e. The van der Waals surface area contributed by atoms with Crippen LogP contribution >= 0.6 is 11.3 Å². The molecule has 0 unspecified atom stereocenters. The zero-order chi connectivity index (χ0) is 19.8. The van der Waals surface area contributed by atoms with Gasteiger partial charge >= 0.3 is 6.03 Å². The summed E-state index contributed by atoms with van der Waals surface area (Å²) in [5.74, 6) is 0. The van der Waals surface area contributed by atoms with Gasteiger partial charge in [-0.15, -0.1) is 11.3 Å². The number of carbonyl (C=O) groups excluding carboxylic acids is 1. The zero-order valence-corrected chi connectivity index (χ0v) is 17.2. The normalized spacial score (nSPS) is 11.7. The van der Waals surface area contributed by atoms with Gasteiger partial charge in [-0.25, -0.2) is 18.2 Å². The minimum absolute atomic E-state index is 0.101. The fourth-order valence-electron chi connectivity index (χ4n) is 2.48. The highest BCUT2D eigenvalue weighted by Crippen LogP contribution is 2.30. The van der Waals surface area contributed by atoms with Crippen LogP contribution in [0.15, 0.2) is 40.7 Å². The lowest BCUT2D eigenvalue weighted by molar-refractivity contribution is 0.262. The summed E-state index contributed by atoms with van der Waals surface area (Å²) >= 11 is 1.11. The molecule has 2 amide bonds. The van der Waals surface area contributed by atoms with Gasteiger partial charge in [-0.3, -0.25) is 0 Å². The molecule has 3 rings (SSSR count). The van der Waals surface area contributed by atoms with Crippen LogP contribution in [-0.4, -0.2) is 24.7 Å². The summed E-state index contributed by atoms with van der Waals surface area (Å²) in [5.41, 5.74) is 4.02. The molecule has 0 bridgehead atoms. The van der Waals surface area contributed by atoms with Gasteiger partial charge in [0.2, 0.25) is 14.2 Å². The van der Waals surface area contributed by atoms with Crippen molar-refractivity contribution in [1.82, 2.24) is 4.98 Å². The number of amides is 2. The summed E-state index contributed by atoms with van der Waals surface area (Å²) in [7, 11) is -3.42. The first kappa shape index (κ1) is 19.3. The van der Waals surface area contributed by atoms with Gasteiger partial charge in [0.1, 0.15) is 0 Å². The smallest absolute Gasteiger partial charge is 0.308 e. The lowest BCUT2D eigenvalue weighted by Gasteiger charge is -2.11. The average Bonchev–Trinajstić information content (AvgIpc) is 3.03. The van der Waals surface area contributed by atoms with Crippen LogP contribution < -0.4 is 10.6 Å². The lowest BCUT2D eigenvalue weighted by Crippen LogP contribution is -2.20. The summed E-state index contributed by atoms with van der Waals surface area (Å²) in [6.07, 6.45) is 0. The Morgan fingerprint density at radius 3 is 2.56 bits per heavy atom. The molecule has 0 saturated carbocycles. The quantitative estimate of drug-likeness (QED) is 0.659. The Balaban J connectivity index is 1.81. The van der Waals surface area contributed by atoms with Crippen molar-refractivity contribution in [3.05, 3.63) is 47.5 Å². The van der Waals surface area contributed by atoms with Crippen LogP contribution in [0.4, 0.5) is 16.2 Å². The number of rotatable bonds is 4. The molecule has 27 heavy (non-hydrogen) atoms. The number of sulfone groups is 1. The van der Waals surface area contributed by atoms with Crippen LogP contribution in [-0.2, 0) is 9.84 Å². The molecule has 0 spiro atoms. The van der Waals surface area contributed by atoms with Gasteiger partial charge in [0.15, 0.2) is 0 Å². The summed E-state index contributed by atoms with van der Waals surface area (Å²) in [6, 6.07) is 10.5. The van der Waals surface area contributed by atoms with E-state index in [1.165, 1.54) is 0 Å². The molecule has 8 heteroatoms. The van der Waals surface area contributed by atoms with E-state index in [1.54, 1.807) is 32.0 Å². The number of hydrogen-bond acceptors (Lipinski definition) is 5. The zero-order valence-electron chi connectivity index (χ0n) is 15.5. The van der Waals surface area contributed by atoms with E-state index in [4.69, 9.17) is 0 Å². The second kappa shape index (κ2) is 7.28. The van der Waals surface area contributed by atoms with Gasteiger partial charge in [-0.05, 0) is 63.1 Å². The molecule has 1 aromatic heterocycles. The Labute approximate surface area is 162 Å². The topological polar surface area (TPSA) is 88.2 Å². The maximum atomic E-state index is 12.3. The molecule has 0 saturated heterocycles. The molecule has 0 aliphatic heterocycles. The van der Waals surface area contributed by atoms with E-state index in [-0.39, 0.29) is 10.4 Å². The second-order valence-corrected chi connectivity index (χ2v) is 10.3. The van der Waals surface area contributed by atoms with Gasteiger partial charge in [0.05, 0.1) is 15.5 Å². The number of urea groups is 1. The number of thiazole rings is 1. The third-order valence-electron chi connectivity index (χ3n) is 4.34. The number of aromatic nitrogens is 1. The standard InChI is InChI=1S/C19H21N3O3S2/c1-11(2)27(24,25)19-22-16-9-8-14(10-17(16)26-19)20-18(23)21-15-7-5-6-12(3)13(15)4/h5-11H,1-4H3,(H2,20,21,23). The highest BCUT2D eigenvalue weighted by Gasteiger charge is 2.23. The number of hydrogen-bond donors (Lipinski definition) is 2. The Morgan fingerprint density at radius 2 is 1.85 bits per heavy atom. The molecular formula is C19H21N3O3S2. The molecule has 1 heterocycles. The van der Waals surface area contributed by atoms with E-state index in [1.807, 2.05) is 32.0 Å². The van der Waals surface area contributed by atoms with Crippen LogP contribution in [0, 0.1) is 13.8 Å². The lowest BCUT2D eigenvalue weighted by atomic mass is 10.1. The largest absolute Gasteiger partial charge is 0.323 e. The van der Waals surface area contributed by atoms with Gasteiger partial charge in [0.25, 0.3) is 0 Å². The monoisotopic (exact) mass is 403 g/mol. The van der Waals surface area contributed by atoms with Crippen LogP contribution in [0.3, 0.4) is 0 Å². The van der Waals surface area contributed by atoms with Crippen molar-refractivity contribution in [2.24, 2.45) is 0 Å². The summed E-state index contributed by atoms with van der Waals surface area (Å²) in [5, 5.41) is 5.08. The number of anilines is 2. The van der Waals surface area contributed by atoms with E-state index in [9.17, 15) is 13.2 Å². The fraction of sp³-hybridized carbons (Fsp3) is 0.263. The third-order valence-corrected chi connectivity index (χ3v) is 7.92. The second-order valence-electron chi connectivity index (χ2n) is 6.58. The van der Waals surface area contributed by atoms with E-state index in [0.29, 0.717) is 15.9 Å². The fourth-order valence-corrected chi connectivity index (χ4v) is 5.15. The Hall–Kier alpha value is -2.45. The van der Waals surface area contributed by atoms with Crippen molar-refractivity contribution in [2.75, 3.05) is 10.6 Å². The third kappa shape index (κ3) is 3.96. The molecule has 0 atom stereocenters. The first-order valence-electron chi connectivity index (χ1n) is 8.47. The van der Waals surface area contributed by atoms with Gasteiger partial charge in [-0.2, -0.15) is 0 Å². The molecule has 0 aliphatic carbocycles. The molecule has 2 aromatic carbocycles. The molecule has 2 N–H and O–H groups in total. The summed E-state index contributed by atoms with van der Waals surface area (Å²) in [6.45, 7) is 7.20. The van der Waals surface area contributed by atoms with E-state index in [2.05, 4.69) is 15.6 Å². The first-order chi connectivity index (χ1) is 12.7. The minimum Gasteiger partial charge on any atom is -0.308 e. The van der Waals surface area contributed by atoms with Crippen LogP contribution in [0.1, 0.15) is 25.0 Å². The Bertz CT molecular complexity index is 1120. The summed E-state index contributed by atoms with van der Waals surface area (Å²) < 4.78 is 25.4. The number of nitrogens with one attached hydrogen (secondary N) is 2. The minimum atomic E-state index is -3.42. The molecule has 6 nitrogen and oxygen atoms in total. The van der Waals surface area contributed by atoms with Gasteiger partial charge in [-0.1, -0.05) is 12.1 Å². The number of nitrogens with zero attached hydrogens (tertiary/aromatic N) is 1. The Morgan fingerprint density at radius 1 is 1.11 bits per heavy atom. The van der Waals surface area contributed by atoms with Crippen molar-refractivity contribution < 1.29 is 13.2 Å². The number of fused-ring (bicyclic) bond motifs is 1. The van der Waals surface area contributed by atoms with Crippen molar-refractivity contribution in [3.63, 3.8) is 0 Å². The van der Waals surface area contributed by atoms with Crippen molar-refractivity contribution >= 4 is 48.8 Å². The van der Waals surface area contributed by atoms with Crippen molar-refractivity contribution in [2.45, 2.75) is 37.3 Å². The first-order valence-corrected chi connectivity index (χ1v) is 10.8. The predicted molar refractivity (Wildman–Crippen MR) is 110 cm³/mol. The van der Waals surface area contributed by atoms with Crippen molar-refractivity contribution in [1.29, 1.82) is 0 Å². The Kier molecular flexibility index (Phi) is 5.21. The van der Waals surface area contributed by atoms with Crippen LogP contribution in [0.2, 0.25) is 0 Å². The highest BCUT2D eigenvalue weighted by molar-refractivity contribution is 7.94.